The Kier molecular flexibility index (Phi) is 6.15. The van der Waals surface area contributed by atoms with Crippen LogP contribution in [0.15, 0.2) is 194 Å². The molecule has 12 aromatic carbocycles. The Morgan fingerprint density at radius 1 is 0.185 bits per heavy atom. The Morgan fingerprint density at radius 2 is 0.463 bits per heavy atom. The number of hydrogen-bond donors (Lipinski definition) is 0. The van der Waals surface area contributed by atoms with E-state index in [2.05, 4.69) is 194 Å². The highest BCUT2D eigenvalue weighted by Gasteiger charge is 2.19. The Morgan fingerprint density at radius 3 is 0.815 bits per heavy atom. The average Bonchev–Trinajstić information content (AvgIpc) is 3.24. The van der Waals surface area contributed by atoms with E-state index in [0.29, 0.717) is 0 Å². The molecule has 0 nitrogen and oxygen atoms in total. The fraction of sp³-hybridized carbons (Fsp3) is 0. The van der Waals surface area contributed by atoms with Gasteiger partial charge in [0.15, 0.2) is 0 Å². The molecule has 0 aliphatic carbocycles. The highest BCUT2D eigenvalue weighted by Crippen LogP contribution is 2.47. The maximum atomic E-state index is 2.48. The first-order chi connectivity index (χ1) is 26.8. The summed E-state index contributed by atoms with van der Waals surface area (Å²) in [7, 11) is 0. The molecule has 0 saturated carbocycles. The Hall–Kier alpha value is -7.02. The van der Waals surface area contributed by atoms with E-state index >= 15 is 0 Å². The molecule has 0 unspecified atom stereocenters. The second kappa shape index (κ2) is 11.2. The van der Waals surface area contributed by atoms with Gasteiger partial charge in [-0.25, -0.2) is 0 Å². The lowest BCUT2D eigenvalue weighted by Gasteiger charge is -2.19. The zero-order chi connectivity index (χ0) is 35.3. The highest BCUT2D eigenvalue weighted by atomic mass is 14.2. The van der Waals surface area contributed by atoms with Crippen molar-refractivity contribution in [2.45, 2.75) is 0 Å². The fourth-order valence-corrected chi connectivity index (χ4v) is 9.63. The summed E-state index contributed by atoms with van der Waals surface area (Å²) >= 11 is 0. The van der Waals surface area contributed by atoms with Crippen LogP contribution in [0.4, 0.5) is 0 Å². The van der Waals surface area contributed by atoms with Gasteiger partial charge in [-0.1, -0.05) is 170 Å². The van der Waals surface area contributed by atoms with Crippen LogP contribution in [0.25, 0.3) is 119 Å². The standard InChI is InChI=1S/C54H32/c1-5-17-39-33(13-1)29-34-14-2-6-18-40(34)51(39)37-25-27-45-43-21-9-12-24-48(43)54-50-32-38(26-28-46(50)44-22-10-11-23-47(44)53(54)49(45)31-37)52-41-19-7-3-15-35(41)30-36-16-4-8-20-42(36)52/h1-32H. The van der Waals surface area contributed by atoms with E-state index in [9.17, 15) is 0 Å². The summed E-state index contributed by atoms with van der Waals surface area (Å²) in [6.45, 7) is 0. The van der Waals surface area contributed by atoms with Crippen molar-refractivity contribution < 1.29 is 0 Å². The summed E-state index contributed by atoms with van der Waals surface area (Å²) in [5, 5.41) is 23.1. The van der Waals surface area contributed by atoms with Crippen LogP contribution in [0.1, 0.15) is 0 Å². The SMILES string of the molecule is c1ccc2c(-c3ccc4c5ccccc5c5c6cc(-c7c8ccccc8cc8ccccc78)ccc6c6ccccc6c5c4c3)c3ccccc3cc2c1. The van der Waals surface area contributed by atoms with Gasteiger partial charge in [0, 0.05) is 0 Å². The van der Waals surface area contributed by atoms with Crippen LogP contribution in [-0.4, -0.2) is 0 Å². The second-order valence-electron chi connectivity index (χ2n) is 14.7. The van der Waals surface area contributed by atoms with Crippen LogP contribution in [0.5, 0.6) is 0 Å². The van der Waals surface area contributed by atoms with Crippen LogP contribution < -0.4 is 0 Å². The molecule has 0 atom stereocenters. The molecule has 0 heterocycles. The average molecular weight is 681 g/mol. The Balaban J connectivity index is 1.27. The molecular formula is C54H32. The summed E-state index contributed by atoms with van der Waals surface area (Å²) in [4.78, 5) is 0. The smallest absolute Gasteiger partial charge is 0.00137 e. The van der Waals surface area contributed by atoms with Gasteiger partial charge in [0.05, 0.1) is 0 Å². The molecule has 0 heteroatoms. The molecule has 12 rings (SSSR count). The molecule has 0 radical (unpaired) electrons. The lowest BCUT2D eigenvalue weighted by molar-refractivity contribution is 1.71. The maximum absolute atomic E-state index is 2.48. The van der Waals surface area contributed by atoms with Crippen molar-refractivity contribution in [1.82, 2.24) is 0 Å². The minimum absolute atomic E-state index is 1.24. The van der Waals surface area contributed by atoms with Crippen LogP contribution in [0, 0.1) is 0 Å². The van der Waals surface area contributed by atoms with Crippen molar-refractivity contribution in [3.8, 4) is 22.3 Å². The molecule has 0 aromatic heterocycles. The molecule has 12 aromatic rings. The third-order valence-electron chi connectivity index (χ3n) is 11.9. The fourth-order valence-electron chi connectivity index (χ4n) is 9.63. The molecule has 248 valence electrons. The molecule has 0 spiro atoms. The minimum Gasteiger partial charge on any atom is -0.0616 e. The summed E-state index contributed by atoms with van der Waals surface area (Å²) in [6.07, 6.45) is 0. The van der Waals surface area contributed by atoms with Gasteiger partial charge < -0.3 is 0 Å². The van der Waals surface area contributed by atoms with Crippen molar-refractivity contribution in [2.24, 2.45) is 0 Å². The van der Waals surface area contributed by atoms with E-state index in [0.717, 1.165) is 0 Å². The summed E-state index contributed by atoms with van der Waals surface area (Å²) in [5.74, 6) is 0. The topological polar surface area (TPSA) is 0 Å². The first kappa shape index (κ1) is 29.5. The third-order valence-corrected chi connectivity index (χ3v) is 11.9. The van der Waals surface area contributed by atoms with Gasteiger partial charge in [-0.15, -0.1) is 0 Å². The first-order valence-corrected chi connectivity index (χ1v) is 18.8. The molecule has 0 aliphatic heterocycles. The predicted molar refractivity (Wildman–Crippen MR) is 235 cm³/mol. The van der Waals surface area contributed by atoms with Crippen molar-refractivity contribution in [2.75, 3.05) is 0 Å². The largest absolute Gasteiger partial charge is 0.0616 e. The minimum atomic E-state index is 1.24. The van der Waals surface area contributed by atoms with Crippen molar-refractivity contribution >= 4 is 97.0 Å². The van der Waals surface area contributed by atoms with E-state index in [1.807, 2.05) is 0 Å². The highest BCUT2D eigenvalue weighted by molar-refractivity contribution is 6.40. The van der Waals surface area contributed by atoms with E-state index in [1.165, 1.54) is 119 Å². The molecule has 0 saturated heterocycles. The third kappa shape index (κ3) is 4.14. The van der Waals surface area contributed by atoms with Gasteiger partial charge in [-0.3, -0.25) is 0 Å². The summed E-state index contributed by atoms with van der Waals surface area (Å²) in [6, 6.07) is 72.5. The number of benzene rings is 12. The molecule has 0 N–H and O–H groups in total. The first-order valence-electron chi connectivity index (χ1n) is 18.8. The van der Waals surface area contributed by atoms with Gasteiger partial charge in [-0.2, -0.15) is 0 Å². The quantitative estimate of drug-likeness (QED) is 0.126. The van der Waals surface area contributed by atoms with Gasteiger partial charge in [0.2, 0.25) is 0 Å². The molecule has 0 aliphatic rings. The monoisotopic (exact) mass is 680 g/mol. The van der Waals surface area contributed by atoms with Crippen molar-refractivity contribution in [3.63, 3.8) is 0 Å². The summed E-state index contributed by atoms with van der Waals surface area (Å²) < 4.78 is 0. The van der Waals surface area contributed by atoms with E-state index in [-0.39, 0.29) is 0 Å². The Bertz CT molecular complexity index is 3200. The zero-order valence-electron chi connectivity index (χ0n) is 29.5. The van der Waals surface area contributed by atoms with Crippen LogP contribution in [-0.2, 0) is 0 Å². The van der Waals surface area contributed by atoms with Crippen LogP contribution in [0.3, 0.4) is 0 Å². The molecule has 0 fully saturated rings. The number of hydrogen-bond acceptors (Lipinski definition) is 0. The van der Waals surface area contributed by atoms with Crippen LogP contribution >= 0.6 is 0 Å². The maximum Gasteiger partial charge on any atom is -0.00137 e. The Labute approximate surface area is 312 Å². The van der Waals surface area contributed by atoms with Gasteiger partial charge in [0.1, 0.15) is 0 Å². The lowest BCUT2D eigenvalue weighted by atomic mass is 9.84. The molecule has 0 bridgehead atoms. The van der Waals surface area contributed by atoms with Crippen molar-refractivity contribution in [1.29, 1.82) is 0 Å². The number of fused-ring (bicyclic) bond motifs is 15. The zero-order valence-corrected chi connectivity index (χ0v) is 29.5. The van der Waals surface area contributed by atoms with Gasteiger partial charge in [0.25, 0.3) is 0 Å². The van der Waals surface area contributed by atoms with E-state index in [1.54, 1.807) is 0 Å². The predicted octanol–water partition coefficient (Wildman–Crippen LogP) is 15.4. The lowest BCUT2D eigenvalue weighted by Crippen LogP contribution is -1.91. The van der Waals surface area contributed by atoms with E-state index < -0.39 is 0 Å². The van der Waals surface area contributed by atoms with Gasteiger partial charge in [-0.05, 0) is 143 Å². The molecular weight excluding hydrogens is 649 g/mol. The number of rotatable bonds is 2. The van der Waals surface area contributed by atoms with Crippen LogP contribution in [0.2, 0.25) is 0 Å². The molecule has 54 heavy (non-hydrogen) atoms. The molecule has 0 amide bonds. The second-order valence-corrected chi connectivity index (χ2v) is 14.7. The summed E-state index contributed by atoms with van der Waals surface area (Å²) in [5.41, 5.74) is 5.07. The van der Waals surface area contributed by atoms with Gasteiger partial charge >= 0.3 is 0 Å². The normalized spacial score (nSPS) is 12.1. The van der Waals surface area contributed by atoms with E-state index in [4.69, 9.17) is 0 Å². The van der Waals surface area contributed by atoms with Crippen molar-refractivity contribution in [3.05, 3.63) is 194 Å².